The SMILES string of the molecule is CCCc1cn(CCCc2ccc(C)nc2)c2ccc(C)cc12. The highest BCUT2D eigenvalue weighted by Gasteiger charge is 2.08. The van der Waals surface area contributed by atoms with Gasteiger partial charge in [-0.15, -0.1) is 0 Å². The Morgan fingerprint density at radius 3 is 2.65 bits per heavy atom. The van der Waals surface area contributed by atoms with Crippen LogP contribution in [-0.2, 0) is 19.4 Å². The van der Waals surface area contributed by atoms with Gasteiger partial charge in [0.25, 0.3) is 0 Å². The molecule has 1 aromatic carbocycles. The fraction of sp³-hybridized carbons (Fsp3) is 0.381. The Morgan fingerprint density at radius 2 is 1.91 bits per heavy atom. The molecule has 0 spiro atoms. The lowest BCUT2D eigenvalue weighted by molar-refractivity contribution is 0.658. The minimum Gasteiger partial charge on any atom is -0.347 e. The summed E-state index contributed by atoms with van der Waals surface area (Å²) in [5.41, 5.74) is 6.63. The number of benzene rings is 1. The zero-order valence-electron chi connectivity index (χ0n) is 14.5. The van der Waals surface area contributed by atoms with Crippen molar-refractivity contribution in [2.24, 2.45) is 0 Å². The average Bonchev–Trinajstić information content (AvgIpc) is 2.87. The molecule has 2 aromatic heterocycles. The predicted octanol–water partition coefficient (Wildman–Crippen LogP) is 5.24. The number of aryl methyl sites for hydroxylation is 5. The molecule has 0 aliphatic rings. The Morgan fingerprint density at radius 1 is 1.04 bits per heavy atom. The van der Waals surface area contributed by atoms with Crippen LogP contribution < -0.4 is 0 Å². The quantitative estimate of drug-likeness (QED) is 0.609. The third-order valence-electron chi connectivity index (χ3n) is 4.48. The van der Waals surface area contributed by atoms with Crippen LogP contribution in [0.4, 0.5) is 0 Å². The summed E-state index contributed by atoms with van der Waals surface area (Å²) in [6.45, 7) is 7.53. The third kappa shape index (κ3) is 3.64. The van der Waals surface area contributed by atoms with Crippen molar-refractivity contribution in [1.82, 2.24) is 9.55 Å². The monoisotopic (exact) mass is 306 g/mol. The van der Waals surface area contributed by atoms with Gasteiger partial charge in [0.2, 0.25) is 0 Å². The predicted molar refractivity (Wildman–Crippen MR) is 98.0 cm³/mol. The molecule has 2 heterocycles. The van der Waals surface area contributed by atoms with E-state index < -0.39 is 0 Å². The van der Waals surface area contributed by atoms with Crippen molar-refractivity contribution >= 4 is 10.9 Å². The van der Waals surface area contributed by atoms with Crippen molar-refractivity contribution in [3.63, 3.8) is 0 Å². The first-order chi connectivity index (χ1) is 11.2. The van der Waals surface area contributed by atoms with Gasteiger partial charge in [0.1, 0.15) is 0 Å². The fourth-order valence-electron chi connectivity index (χ4n) is 3.24. The number of hydrogen-bond acceptors (Lipinski definition) is 1. The summed E-state index contributed by atoms with van der Waals surface area (Å²) in [7, 11) is 0. The number of rotatable bonds is 6. The fourth-order valence-corrected chi connectivity index (χ4v) is 3.24. The maximum absolute atomic E-state index is 4.39. The van der Waals surface area contributed by atoms with Gasteiger partial charge in [0.15, 0.2) is 0 Å². The van der Waals surface area contributed by atoms with Crippen molar-refractivity contribution in [3.8, 4) is 0 Å². The molecule has 0 aliphatic carbocycles. The first-order valence-electron chi connectivity index (χ1n) is 8.67. The minimum absolute atomic E-state index is 1.07. The number of aromatic nitrogens is 2. The summed E-state index contributed by atoms with van der Waals surface area (Å²) in [4.78, 5) is 4.39. The van der Waals surface area contributed by atoms with Gasteiger partial charge in [-0.05, 0) is 62.4 Å². The molecule has 0 radical (unpaired) electrons. The van der Waals surface area contributed by atoms with E-state index in [0.717, 1.165) is 31.5 Å². The standard InChI is InChI=1S/C21H26N2/c1-4-6-19-15-23(21-11-8-16(2)13-20(19)21)12-5-7-18-10-9-17(3)22-14-18/h8-11,13-15H,4-7,12H2,1-3H3. The Hall–Kier alpha value is -2.09. The Balaban J connectivity index is 1.75. The van der Waals surface area contributed by atoms with Gasteiger partial charge in [0.05, 0.1) is 0 Å². The molecular formula is C21H26N2. The van der Waals surface area contributed by atoms with Gasteiger partial charge in [-0.2, -0.15) is 0 Å². The van der Waals surface area contributed by atoms with Crippen LogP contribution in [0.1, 0.15) is 42.1 Å². The van der Waals surface area contributed by atoms with E-state index in [0.29, 0.717) is 0 Å². The largest absolute Gasteiger partial charge is 0.347 e. The van der Waals surface area contributed by atoms with E-state index in [2.05, 4.69) is 59.9 Å². The molecule has 0 saturated heterocycles. The Bertz CT molecular complexity index is 781. The second-order valence-corrected chi connectivity index (χ2v) is 6.53. The molecule has 120 valence electrons. The third-order valence-corrected chi connectivity index (χ3v) is 4.48. The van der Waals surface area contributed by atoms with E-state index in [-0.39, 0.29) is 0 Å². The summed E-state index contributed by atoms with van der Waals surface area (Å²) in [6.07, 6.45) is 8.96. The summed E-state index contributed by atoms with van der Waals surface area (Å²) in [6, 6.07) is 11.1. The van der Waals surface area contributed by atoms with Crippen LogP contribution in [0.25, 0.3) is 10.9 Å². The molecule has 23 heavy (non-hydrogen) atoms. The maximum atomic E-state index is 4.39. The lowest BCUT2D eigenvalue weighted by Crippen LogP contribution is -1.98. The summed E-state index contributed by atoms with van der Waals surface area (Å²) in [5.74, 6) is 0. The molecule has 0 aliphatic heterocycles. The van der Waals surface area contributed by atoms with E-state index in [1.807, 2.05) is 13.1 Å². The highest BCUT2D eigenvalue weighted by Crippen LogP contribution is 2.24. The molecule has 0 atom stereocenters. The van der Waals surface area contributed by atoms with Gasteiger partial charge in [-0.1, -0.05) is 31.0 Å². The lowest BCUT2D eigenvalue weighted by Gasteiger charge is -2.06. The number of nitrogens with zero attached hydrogens (tertiary/aromatic N) is 2. The average molecular weight is 306 g/mol. The van der Waals surface area contributed by atoms with Crippen molar-refractivity contribution in [2.45, 2.75) is 53.0 Å². The van der Waals surface area contributed by atoms with Crippen LogP contribution in [0.15, 0.2) is 42.7 Å². The van der Waals surface area contributed by atoms with Crippen LogP contribution in [0.2, 0.25) is 0 Å². The zero-order valence-corrected chi connectivity index (χ0v) is 14.5. The summed E-state index contributed by atoms with van der Waals surface area (Å²) < 4.78 is 2.43. The van der Waals surface area contributed by atoms with Crippen molar-refractivity contribution in [1.29, 1.82) is 0 Å². The second-order valence-electron chi connectivity index (χ2n) is 6.53. The van der Waals surface area contributed by atoms with Crippen molar-refractivity contribution in [2.75, 3.05) is 0 Å². The molecule has 0 N–H and O–H groups in total. The minimum atomic E-state index is 1.07. The normalized spacial score (nSPS) is 11.3. The molecule has 3 aromatic rings. The van der Waals surface area contributed by atoms with Crippen LogP contribution in [0, 0.1) is 13.8 Å². The van der Waals surface area contributed by atoms with Gasteiger partial charge in [-0.25, -0.2) is 0 Å². The molecule has 3 rings (SSSR count). The van der Waals surface area contributed by atoms with Crippen LogP contribution in [-0.4, -0.2) is 9.55 Å². The molecule has 0 amide bonds. The first-order valence-corrected chi connectivity index (χ1v) is 8.67. The second kappa shape index (κ2) is 6.99. The summed E-state index contributed by atoms with van der Waals surface area (Å²) >= 11 is 0. The number of fused-ring (bicyclic) bond motifs is 1. The highest BCUT2D eigenvalue weighted by atomic mass is 15.0. The molecule has 2 nitrogen and oxygen atoms in total. The molecule has 0 saturated carbocycles. The van der Waals surface area contributed by atoms with Gasteiger partial charge < -0.3 is 4.57 Å². The molecule has 2 heteroatoms. The Labute approximate surface area is 139 Å². The van der Waals surface area contributed by atoms with E-state index in [1.165, 1.54) is 34.0 Å². The van der Waals surface area contributed by atoms with Crippen LogP contribution >= 0.6 is 0 Å². The van der Waals surface area contributed by atoms with E-state index in [4.69, 9.17) is 0 Å². The molecule has 0 bridgehead atoms. The van der Waals surface area contributed by atoms with Gasteiger partial charge in [-0.3, -0.25) is 4.98 Å². The number of hydrogen-bond donors (Lipinski definition) is 0. The van der Waals surface area contributed by atoms with E-state index in [9.17, 15) is 0 Å². The van der Waals surface area contributed by atoms with Gasteiger partial charge >= 0.3 is 0 Å². The molecule has 0 fully saturated rings. The molecule has 0 unspecified atom stereocenters. The van der Waals surface area contributed by atoms with Gasteiger partial charge in [0, 0.05) is 35.5 Å². The summed E-state index contributed by atoms with van der Waals surface area (Å²) in [5, 5.41) is 1.43. The first kappa shape index (κ1) is 15.8. The Kier molecular flexibility index (Phi) is 4.80. The van der Waals surface area contributed by atoms with Crippen LogP contribution in [0.5, 0.6) is 0 Å². The van der Waals surface area contributed by atoms with E-state index in [1.54, 1.807) is 0 Å². The van der Waals surface area contributed by atoms with Crippen molar-refractivity contribution in [3.05, 3.63) is 65.1 Å². The van der Waals surface area contributed by atoms with Crippen molar-refractivity contribution < 1.29 is 0 Å². The van der Waals surface area contributed by atoms with E-state index >= 15 is 0 Å². The molecular weight excluding hydrogens is 280 g/mol. The topological polar surface area (TPSA) is 17.8 Å². The zero-order chi connectivity index (χ0) is 16.2. The lowest BCUT2D eigenvalue weighted by atomic mass is 10.1. The van der Waals surface area contributed by atoms with Crippen LogP contribution in [0.3, 0.4) is 0 Å². The smallest absolute Gasteiger partial charge is 0.0483 e. The number of pyridine rings is 1. The maximum Gasteiger partial charge on any atom is 0.0483 e. The highest BCUT2D eigenvalue weighted by molar-refractivity contribution is 5.84.